The minimum absolute atomic E-state index is 0.151. The third-order valence-corrected chi connectivity index (χ3v) is 7.49. The van der Waals surface area contributed by atoms with Crippen LogP contribution < -0.4 is 34.1 Å². The SMILES string of the molecule is CNc1ccccc1N(C)C(=O)Oc1cc(C)c(-c2ccc3cc4c(cc3c2N(C=O)CCN(C)C)OCO4)cc1OC. The van der Waals surface area contributed by atoms with E-state index in [9.17, 15) is 9.59 Å². The molecule has 10 nitrogen and oxygen atoms in total. The summed E-state index contributed by atoms with van der Waals surface area (Å²) in [5, 5.41) is 4.86. The molecule has 5 rings (SSSR count). The van der Waals surface area contributed by atoms with E-state index in [1.807, 2.05) is 80.5 Å². The van der Waals surface area contributed by atoms with Crippen molar-refractivity contribution in [2.75, 3.05) is 70.3 Å². The zero-order valence-electron chi connectivity index (χ0n) is 25.3. The molecule has 0 aliphatic carbocycles. The monoisotopic (exact) mass is 584 g/mol. The fraction of sp³-hybridized carbons (Fsp3) is 0.273. The van der Waals surface area contributed by atoms with Gasteiger partial charge in [-0.25, -0.2) is 4.79 Å². The number of fused-ring (bicyclic) bond motifs is 2. The Kier molecular flexibility index (Phi) is 8.58. The van der Waals surface area contributed by atoms with E-state index >= 15 is 0 Å². The molecule has 0 spiro atoms. The van der Waals surface area contributed by atoms with Crippen molar-refractivity contribution in [1.29, 1.82) is 0 Å². The zero-order valence-corrected chi connectivity index (χ0v) is 25.3. The van der Waals surface area contributed by atoms with Crippen LogP contribution in [0.2, 0.25) is 0 Å². The standard InChI is InChI=1S/C33H36N4O6/c1-21-15-31(43-33(39)36(5)27-10-8-7-9-26(27)34-2)28(40-6)17-24(21)23-12-11-22-16-29-30(42-20-41-29)18-25(22)32(23)37(19-38)14-13-35(3)4/h7-12,15-19,34H,13-14,20H2,1-6H3. The summed E-state index contributed by atoms with van der Waals surface area (Å²) in [4.78, 5) is 30.9. The Balaban J connectivity index is 1.58. The number of carbonyl (C=O) groups excluding carboxylic acids is 2. The van der Waals surface area contributed by atoms with Crippen LogP contribution in [0.3, 0.4) is 0 Å². The van der Waals surface area contributed by atoms with Crippen LogP contribution in [-0.2, 0) is 4.79 Å². The number of para-hydroxylation sites is 2. The predicted octanol–water partition coefficient (Wildman–Crippen LogP) is 5.75. The molecule has 1 aliphatic heterocycles. The maximum atomic E-state index is 13.2. The van der Waals surface area contributed by atoms with E-state index in [-0.39, 0.29) is 12.5 Å². The van der Waals surface area contributed by atoms with Crippen molar-refractivity contribution in [2.24, 2.45) is 0 Å². The minimum atomic E-state index is -0.563. The van der Waals surface area contributed by atoms with E-state index in [1.54, 1.807) is 25.1 Å². The van der Waals surface area contributed by atoms with Crippen molar-refractivity contribution >= 4 is 40.3 Å². The van der Waals surface area contributed by atoms with Crippen molar-refractivity contribution < 1.29 is 28.5 Å². The van der Waals surface area contributed by atoms with Crippen molar-refractivity contribution in [1.82, 2.24) is 4.90 Å². The molecule has 2 amide bonds. The predicted molar refractivity (Wildman–Crippen MR) is 169 cm³/mol. The van der Waals surface area contributed by atoms with Crippen LogP contribution in [0.25, 0.3) is 21.9 Å². The van der Waals surface area contributed by atoms with Crippen LogP contribution in [0.1, 0.15) is 5.56 Å². The summed E-state index contributed by atoms with van der Waals surface area (Å²) >= 11 is 0. The molecule has 0 saturated heterocycles. The summed E-state index contributed by atoms with van der Waals surface area (Å²) in [6, 6.07) is 18.9. The van der Waals surface area contributed by atoms with Gasteiger partial charge in [0.15, 0.2) is 23.0 Å². The molecule has 1 N–H and O–H groups in total. The third-order valence-electron chi connectivity index (χ3n) is 7.49. The van der Waals surface area contributed by atoms with Gasteiger partial charge in [0.25, 0.3) is 0 Å². The summed E-state index contributed by atoms with van der Waals surface area (Å²) < 4.78 is 22.8. The zero-order chi connectivity index (χ0) is 30.7. The number of benzene rings is 4. The number of ether oxygens (including phenoxy) is 4. The van der Waals surface area contributed by atoms with E-state index < -0.39 is 6.09 Å². The van der Waals surface area contributed by atoms with E-state index in [0.717, 1.165) is 45.2 Å². The fourth-order valence-corrected chi connectivity index (χ4v) is 5.18. The molecule has 43 heavy (non-hydrogen) atoms. The number of hydrogen-bond acceptors (Lipinski definition) is 8. The summed E-state index contributed by atoms with van der Waals surface area (Å²) in [6.45, 7) is 3.23. The topological polar surface area (TPSA) is 92.8 Å². The van der Waals surface area contributed by atoms with Crippen molar-refractivity contribution in [3.05, 3.63) is 66.2 Å². The normalized spacial score (nSPS) is 11.9. The minimum Gasteiger partial charge on any atom is -0.493 e. The number of hydrogen-bond donors (Lipinski definition) is 1. The van der Waals surface area contributed by atoms with Gasteiger partial charge in [-0.05, 0) is 73.9 Å². The molecule has 224 valence electrons. The average Bonchev–Trinajstić information content (AvgIpc) is 3.47. The van der Waals surface area contributed by atoms with Crippen LogP contribution in [0.15, 0.2) is 60.7 Å². The van der Waals surface area contributed by atoms with Crippen LogP contribution in [0, 0.1) is 6.92 Å². The molecule has 4 aromatic carbocycles. The van der Waals surface area contributed by atoms with Gasteiger partial charge in [0.1, 0.15) is 0 Å². The van der Waals surface area contributed by atoms with Gasteiger partial charge < -0.3 is 34.1 Å². The number of aryl methyl sites for hydroxylation is 1. The fourth-order valence-electron chi connectivity index (χ4n) is 5.18. The number of amides is 2. The molecule has 0 saturated carbocycles. The molecular formula is C33H36N4O6. The highest BCUT2D eigenvalue weighted by Gasteiger charge is 2.24. The van der Waals surface area contributed by atoms with Gasteiger partial charge in [-0.3, -0.25) is 9.69 Å². The van der Waals surface area contributed by atoms with Crippen molar-refractivity contribution in [3.8, 4) is 34.1 Å². The Labute approximate surface area is 251 Å². The number of carbonyl (C=O) groups is 2. The molecule has 0 radical (unpaired) electrons. The summed E-state index contributed by atoms with van der Waals surface area (Å²) in [7, 11) is 8.91. The third kappa shape index (κ3) is 5.87. The second kappa shape index (κ2) is 12.5. The molecule has 1 heterocycles. The summed E-state index contributed by atoms with van der Waals surface area (Å²) in [6.07, 6.45) is 0.292. The maximum absolute atomic E-state index is 13.2. The Morgan fingerprint density at radius 3 is 2.40 bits per heavy atom. The van der Waals surface area contributed by atoms with E-state index in [2.05, 4.69) is 5.32 Å². The van der Waals surface area contributed by atoms with Crippen molar-refractivity contribution in [3.63, 3.8) is 0 Å². The number of nitrogens with one attached hydrogen (secondary N) is 1. The van der Waals surface area contributed by atoms with Gasteiger partial charge in [-0.1, -0.05) is 24.3 Å². The van der Waals surface area contributed by atoms with Crippen molar-refractivity contribution in [2.45, 2.75) is 6.92 Å². The number of likely N-dealkylation sites (N-methyl/N-ethyl adjacent to an activating group) is 1. The lowest BCUT2D eigenvalue weighted by Crippen LogP contribution is -2.31. The maximum Gasteiger partial charge on any atom is 0.419 e. The number of rotatable bonds is 10. The van der Waals surface area contributed by atoms with Crippen LogP contribution in [-0.4, -0.2) is 72.6 Å². The van der Waals surface area contributed by atoms with Crippen LogP contribution in [0.5, 0.6) is 23.0 Å². The Morgan fingerprint density at radius 2 is 1.70 bits per heavy atom. The molecule has 0 fully saturated rings. The largest absolute Gasteiger partial charge is 0.493 e. The van der Waals surface area contributed by atoms with Crippen LogP contribution >= 0.6 is 0 Å². The molecule has 0 unspecified atom stereocenters. The lowest BCUT2D eigenvalue weighted by molar-refractivity contribution is -0.107. The smallest absolute Gasteiger partial charge is 0.419 e. The molecule has 0 aromatic heterocycles. The number of nitrogens with zero attached hydrogens (tertiary/aromatic N) is 3. The first-order valence-electron chi connectivity index (χ1n) is 13.9. The molecule has 0 atom stereocenters. The Bertz CT molecular complexity index is 1670. The molecule has 4 aromatic rings. The first-order valence-corrected chi connectivity index (χ1v) is 13.9. The first kappa shape index (κ1) is 29.5. The molecule has 10 heteroatoms. The number of anilines is 3. The lowest BCUT2D eigenvalue weighted by atomic mass is 9.94. The van der Waals surface area contributed by atoms with Gasteiger partial charge in [0.05, 0.1) is 24.2 Å². The van der Waals surface area contributed by atoms with Gasteiger partial charge in [-0.2, -0.15) is 0 Å². The van der Waals surface area contributed by atoms with Gasteiger partial charge in [0, 0.05) is 38.1 Å². The van der Waals surface area contributed by atoms with E-state index in [0.29, 0.717) is 36.0 Å². The first-order chi connectivity index (χ1) is 20.7. The van der Waals surface area contributed by atoms with Gasteiger partial charge >= 0.3 is 6.09 Å². The second-order valence-corrected chi connectivity index (χ2v) is 10.5. The molecule has 1 aliphatic rings. The highest BCUT2D eigenvalue weighted by Crippen LogP contribution is 2.45. The highest BCUT2D eigenvalue weighted by molar-refractivity contribution is 6.07. The van der Waals surface area contributed by atoms with Gasteiger partial charge in [-0.15, -0.1) is 0 Å². The van der Waals surface area contributed by atoms with Crippen LogP contribution in [0.4, 0.5) is 21.9 Å². The average molecular weight is 585 g/mol. The van der Waals surface area contributed by atoms with E-state index in [4.69, 9.17) is 18.9 Å². The lowest BCUT2D eigenvalue weighted by Gasteiger charge is -2.26. The molecule has 0 bridgehead atoms. The number of methoxy groups -OCH3 is 1. The molecular weight excluding hydrogens is 548 g/mol. The Morgan fingerprint density at radius 1 is 0.953 bits per heavy atom. The second-order valence-electron chi connectivity index (χ2n) is 10.5. The van der Waals surface area contributed by atoms with Gasteiger partial charge in [0.2, 0.25) is 13.2 Å². The summed E-state index contributed by atoms with van der Waals surface area (Å²) in [5.74, 6) is 1.97. The highest BCUT2D eigenvalue weighted by atomic mass is 16.7. The quantitative estimate of drug-likeness (QED) is 0.236. The summed E-state index contributed by atoms with van der Waals surface area (Å²) in [5.41, 5.74) is 4.70. The van der Waals surface area contributed by atoms with E-state index in [1.165, 1.54) is 12.0 Å². The Hall–Kier alpha value is -4.96.